The van der Waals surface area contributed by atoms with Gasteiger partial charge in [-0.05, 0) is 104 Å². The SMILES string of the molecule is Cc1cc(-c2ccc(C(=O)N3CCC(C)(O)CC3)cn2)cc2cc(CCC(=O)/C=C/c3ccc(N)nc3)sc12. The van der Waals surface area contributed by atoms with Gasteiger partial charge < -0.3 is 15.7 Å². The number of aryl methyl sites for hydroxylation is 2. The zero-order valence-corrected chi connectivity index (χ0v) is 23.0. The molecule has 0 radical (unpaired) electrons. The zero-order valence-electron chi connectivity index (χ0n) is 22.2. The monoisotopic (exact) mass is 540 g/mol. The van der Waals surface area contributed by atoms with Crippen molar-refractivity contribution in [2.75, 3.05) is 18.8 Å². The van der Waals surface area contributed by atoms with Crippen LogP contribution in [0.4, 0.5) is 5.82 Å². The van der Waals surface area contributed by atoms with Crippen molar-refractivity contribution < 1.29 is 14.7 Å². The summed E-state index contributed by atoms with van der Waals surface area (Å²) in [4.78, 5) is 36.9. The number of piperidine rings is 1. The van der Waals surface area contributed by atoms with E-state index in [-0.39, 0.29) is 11.7 Å². The maximum Gasteiger partial charge on any atom is 0.255 e. The summed E-state index contributed by atoms with van der Waals surface area (Å²) in [6.07, 6.45) is 8.92. The predicted octanol–water partition coefficient (Wildman–Crippen LogP) is 5.45. The van der Waals surface area contributed by atoms with Gasteiger partial charge in [-0.3, -0.25) is 14.6 Å². The molecule has 200 valence electrons. The molecule has 3 aromatic heterocycles. The van der Waals surface area contributed by atoms with Gasteiger partial charge in [-0.1, -0.05) is 0 Å². The maximum atomic E-state index is 12.9. The fraction of sp³-hybridized carbons (Fsp3) is 0.290. The minimum Gasteiger partial charge on any atom is -0.390 e. The van der Waals surface area contributed by atoms with Crippen molar-refractivity contribution in [3.63, 3.8) is 0 Å². The summed E-state index contributed by atoms with van der Waals surface area (Å²) in [5.74, 6) is 0.470. The lowest BCUT2D eigenvalue weighted by Crippen LogP contribution is -2.45. The van der Waals surface area contributed by atoms with Gasteiger partial charge in [0.25, 0.3) is 5.91 Å². The van der Waals surface area contributed by atoms with E-state index in [1.54, 1.807) is 46.8 Å². The second-order valence-corrected chi connectivity index (χ2v) is 11.6. The quantitative estimate of drug-likeness (QED) is 0.302. The average Bonchev–Trinajstić information content (AvgIpc) is 3.35. The highest BCUT2D eigenvalue weighted by Gasteiger charge is 2.30. The number of aliphatic hydroxyl groups is 1. The van der Waals surface area contributed by atoms with E-state index >= 15 is 0 Å². The number of likely N-dealkylation sites (tertiary alicyclic amines) is 1. The predicted molar refractivity (Wildman–Crippen MR) is 157 cm³/mol. The molecule has 1 aromatic carbocycles. The van der Waals surface area contributed by atoms with Crippen LogP contribution in [-0.4, -0.2) is 50.4 Å². The van der Waals surface area contributed by atoms with E-state index in [4.69, 9.17) is 5.73 Å². The number of aromatic nitrogens is 2. The number of hydrogen-bond acceptors (Lipinski definition) is 7. The summed E-state index contributed by atoms with van der Waals surface area (Å²) in [6.45, 7) is 5.00. The van der Waals surface area contributed by atoms with Crippen LogP contribution in [0.15, 0.2) is 60.9 Å². The number of benzene rings is 1. The Hall–Kier alpha value is -3.88. The second kappa shape index (κ2) is 11.1. The number of allylic oxidation sites excluding steroid dienone is 1. The molecular formula is C31H32N4O3S. The molecule has 0 spiro atoms. The van der Waals surface area contributed by atoms with Crippen molar-refractivity contribution in [1.29, 1.82) is 0 Å². The Balaban J connectivity index is 1.24. The first kappa shape index (κ1) is 26.7. The Morgan fingerprint density at radius 3 is 2.59 bits per heavy atom. The number of amides is 1. The summed E-state index contributed by atoms with van der Waals surface area (Å²) in [7, 11) is 0. The minimum absolute atomic E-state index is 0.0480. The van der Waals surface area contributed by atoms with Crippen LogP contribution >= 0.6 is 11.3 Å². The molecule has 0 unspecified atom stereocenters. The third-order valence-electron chi connectivity index (χ3n) is 7.18. The largest absolute Gasteiger partial charge is 0.390 e. The number of anilines is 1. The molecule has 3 N–H and O–H groups in total. The number of ketones is 1. The van der Waals surface area contributed by atoms with E-state index in [1.807, 2.05) is 25.1 Å². The Bertz CT molecular complexity index is 1530. The topological polar surface area (TPSA) is 109 Å². The molecule has 4 aromatic rings. The van der Waals surface area contributed by atoms with E-state index in [0.717, 1.165) is 32.6 Å². The van der Waals surface area contributed by atoms with Crippen LogP contribution in [0.5, 0.6) is 0 Å². The molecule has 0 atom stereocenters. The molecule has 8 heteroatoms. The number of carbonyl (C=O) groups excluding carboxylic acids is 2. The fourth-order valence-electron chi connectivity index (χ4n) is 4.75. The molecule has 5 rings (SSSR count). The normalized spacial score (nSPS) is 15.2. The van der Waals surface area contributed by atoms with Crippen molar-refractivity contribution >= 4 is 45.0 Å². The first-order valence-electron chi connectivity index (χ1n) is 13.1. The Labute approximate surface area is 232 Å². The van der Waals surface area contributed by atoms with Crippen LogP contribution in [0.2, 0.25) is 0 Å². The number of thiophene rings is 1. The molecule has 4 heterocycles. The Morgan fingerprint density at radius 2 is 1.90 bits per heavy atom. The van der Waals surface area contributed by atoms with Gasteiger partial charge in [-0.25, -0.2) is 4.98 Å². The van der Waals surface area contributed by atoms with Gasteiger partial charge in [0.1, 0.15) is 5.82 Å². The summed E-state index contributed by atoms with van der Waals surface area (Å²) in [6, 6.07) is 13.7. The molecule has 0 bridgehead atoms. The molecule has 1 aliphatic heterocycles. The van der Waals surface area contributed by atoms with Crippen LogP contribution in [0.3, 0.4) is 0 Å². The minimum atomic E-state index is -0.695. The molecule has 1 saturated heterocycles. The number of carbonyl (C=O) groups is 2. The second-order valence-electron chi connectivity index (χ2n) is 10.5. The van der Waals surface area contributed by atoms with E-state index in [0.29, 0.717) is 50.2 Å². The highest BCUT2D eigenvalue weighted by molar-refractivity contribution is 7.19. The number of pyridine rings is 2. The molecule has 0 aliphatic carbocycles. The summed E-state index contributed by atoms with van der Waals surface area (Å²) in [5.41, 5.74) is 9.27. The van der Waals surface area contributed by atoms with Crippen molar-refractivity contribution in [1.82, 2.24) is 14.9 Å². The van der Waals surface area contributed by atoms with Crippen LogP contribution in [0, 0.1) is 6.92 Å². The number of nitrogens with zero attached hydrogens (tertiary/aromatic N) is 3. The number of rotatable bonds is 7. The zero-order chi connectivity index (χ0) is 27.6. The molecule has 0 saturated carbocycles. The summed E-state index contributed by atoms with van der Waals surface area (Å²) in [5, 5.41) is 11.3. The lowest BCUT2D eigenvalue weighted by atomic mass is 9.93. The lowest BCUT2D eigenvalue weighted by Gasteiger charge is -2.35. The number of nitrogens with two attached hydrogens (primary N) is 1. The van der Waals surface area contributed by atoms with Gasteiger partial charge in [0, 0.05) is 47.0 Å². The molecule has 7 nitrogen and oxygen atoms in total. The third-order valence-corrected chi connectivity index (χ3v) is 8.52. The number of hydrogen-bond donors (Lipinski definition) is 2. The van der Waals surface area contributed by atoms with Crippen LogP contribution in [-0.2, 0) is 11.2 Å². The molecule has 39 heavy (non-hydrogen) atoms. The highest BCUT2D eigenvalue weighted by atomic mass is 32.1. The van der Waals surface area contributed by atoms with Crippen LogP contribution < -0.4 is 5.73 Å². The maximum absolute atomic E-state index is 12.9. The van der Waals surface area contributed by atoms with Crippen molar-refractivity contribution in [3.8, 4) is 11.3 Å². The van der Waals surface area contributed by atoms with Crippen molar-refractivity contribution in [2.45, 2.75) is 45.1 Å². The Kier molecular flexibility index (Phi) is 7.59. The van der Waals surface area contributed by atoms with E-state index in [9.17, 15) is 14.7 Å². The van der Waals surface area contributed by atoms with E-state index < -0.39 is 5.60 Å². The van der Waals surface area contributed by atoms with E-state index in [1.165, 1.54) is 4.70 Å². The van der Waals surface area contributed by atoms with Gasteiger partial charge >= 0.3 is 0 Å². The van der Waals surface area contributed by atoms with Crippen molar-refractivity contribution in [3.05, 3.63) is 82.5 Å². The third kappa shape index (κ3) is 6.41. The van der Waals surface area contributed by atoms with Crippen LogP contribution in [0.25, 0.3) is 27.4 Å². The highest BCUT2D eigenvalue weighted by Crippen LogP contribution is 2.33. The van der Waals surface area contributed by atoms with E-state index in [2.05, 4.69) is 35.1 Å². The van der Waals surface area contributed by atoms with Crippen LogP contribution in [0.1, 0.15) is 52.5 Å². The summed E-state index contributed by atoms with van der Waals surface area (Å²) >= 11 is 1.72. The number of fused-ring (bicyclic) bond motifs is 1. The first-order chi connectivity index (χ1) is 18.7. The Morgan fingerprint density at radius 1 is 1.10 bits per heavy atom. The standard InChI is InChI=1S/C31H32N4O3S/c1-20-15-23(27-9-5-22(19-33-27)30(37)35-13-11-31(2,38)12-14-35)16-24-17-26(39-29(20)24)8-7-25(36)6-3-21-4-10-28(32)34-18-21/h3-6,9-10,15-19,38H,7-8,11-14H2,1-2H3,(H2,32,34)/b6-3+. The average molecular weight is 541 g/mol. The molecule has 1 aliphatic rings. The van der Waals surface area contributed by atoms with Gasteiger partial charge in [-0.15, -0.1) is 11.3 Å². The lowest BCUT2D eigenvalue weighted by molar-refractivity contribution is -0.114. The first-order valence-corrected chi connectivity index (χ1v) is 13.9. The number of nitrogen functional groups attached to an aromatic ring is 1. The molecular weight excluding hydrogens is 508 g/mol. The van der Waals surface area contributed by atoms with Gasteiger partial charge in [0.2, 0.25) is 0 Å². The smallest absolute Gasteiger partial charge is 0.255 e. The molecule has 1 fully saturated rings. The molecule has 1 amide bonds. The van der Waals surface area contributed by atoms with Gasteiger partial charge in [0.05, 0.1) is 16.9 Å². The van der Waals surface area contributed by atoms with Gasteiger partial charge in [-0.2, -0.15) is 0 Å². The fourth-order valence-corrected chi connectivity index (χ4v) is 5.86. The van der Waals surface area contributed by atoms with Crippen molar-refractivity contribution in [2.24, 2.45) is 0 Å². The summed E-state index contributed by atoms with van der Waals surface area (Å²) < 4.78 is 1.21. The van der Waals surface area contributed by atoms with Gasteiger partial charge in [0.15, 0.2) is 5.78 Å².